The van der Waals surface area contributed by atoms with Crippen LogP contribution in [0.25, 0.3) is 0 Å². The summed E-state index contributed by atoms with van der Waals surface area (Å²) in [7, 11) is 0. The maximum atomic E-state index is 12.2. The van der Waals surface area contributed by atoms with E-state index in [4.69, 9.17) is 21.1 Å². The Kier molecular flexibility index (Phi) is 8.32. The van der Waals surface area contributed by atoms with Gasteiger partial charge in [0.15, 0.2) is 11.5 Å². The van der Waals surface area contributed by atoms with Crippen LogP contribution in [-0.4, -0.2) is 38.8 Å². The van der Waals surface area contributed by atoms with Crippen LogP contribution in [0.15, 0.2) is 12.1 Å². The first-order chi connectivity index (χ1) is 12.1. The number of piperidine rings is 1. The minimum absolute atomic E-state index is 0. The van der Waals surface area contributed by atoms with Gasteiger partial charge in [-0.2, -0.15) is 0 Å². The van der Waals surface area contributed by atoms with E-state index in [1.807, 2.05) is 12.1 Å². The first kappa shape index (κ1) is 21.1. The van der Waals surface area contributed by atoms with E-state index < -0.39 is 0 Å². The molecule has 0 aliphatic carbocycles. The molecule has 2 aliphatic rings. The predicted molar refractivity (Wildman–Crippen MR) is 106 cm³/mol. The summed E-state index contributed by atoms with van der Waals surface area (Å²) in [6.07, 6.45) is 3.67. The highest BCUT2D eigenvalue weighted by Gasteiger charge is 2.22. The molecule has 1 unspecified atom stereocenters. The lowest BCUT2D eigenvalue weighted by molar-refractivity contribution is -0.122. The zero-order valence-corrected chi connectivity index (χ0v) is 16.8. The fourth-order valence-electron chi connectivity index (χ4n) is 3.60. The second-order valence-electron chi connectivity index (χ2n) is 6.97. The zero-order valence-electron chi connectivity index (χ0n) is 15.2. The third-order valence-corrected chi connectivity index (χ3v) is 5.37. The van der Waals surface area contributed by atoms with Crippen LogP contribution in [0.3, 0.4) is 0 Å². The topological polar surface area (TPSA) is 59.6 Å². The molecule has 1 saturated heterocycles. The zero-order chi connectivity index (χ0) is 17.6. The van der Waals surface area contributed by atoms with E-state index in [2.05, 4.69) is 17.6 Å². The Bertz CT molecular complexity index is 607. The number of nitrogens with one attached hydrogen (secondary N) is 2. The quantitative estimate of drug-likeness (QED) is 0.766. The number of benzene rings is 1. The Morgan fingerprint density at radius 3 is 2.81 bits per heavy atom. The molecule has 0 saturated carbocycles. The number of rotatable bonds is 6. The van der Waals surface area contributed by atoms with Crippen molar-refractivity contribution in [3.05, 3.63) is 22.7 Å². The molecular weight excluding hydrogens is 375 g/mol. The lowest BCUT2D eigenvalue weighted by atomic mass is 9.84. The van der Waals surface area contributed by atoms with Gasteiger partial charge in [-0.1, -0.05) is 18.5 Å². The molecule has 5 nitrogen and oxygen atoms in total. The average Bonchev–Trinajstić information content (AvgIpc) is 2.62. The van der Waals surface area contributed by atoms with Gasteiger partial charge >= 0.3 is 0 Å². The summed E-state index contributed by atoms with van der Waals surface area (Å²) in [5, 5.41) is 6.97. The minimum Gasteiger partial charge on any atom is -0.486 e. The summed E-state index contributed by atoms with van der Waals surface area (Å²) in [6, 6.07) is 3.84. The summed E-state index contributed by atoms with van der Waals surface area (Å²) in [6.45, 7) is 6.00. The molecule has 1 amide bonds. The molecule has 26 heavy (non-hydrogen) atoms. The standard InChI is InChI=1S/C19H27ClN2O3.ClH/c1-13(15-3-5-21-6-4-15)10-18(23)22-7-2-14-11-16(20)19-17(12-14)24-8-9-25-19;/h11-13,15,21H,2-10H2,1H3,(H,22,23);1H. The Morgan fingerprint density at radius 1 is 1.31 bits per heavy atom. The van der Waals surface area contributed by atoms with Crippen LogP contribution in [0.5, 0.6) is 11.5 Å². The molecule has 0 aromatic heterocycles. The Hall–Kier alpha value is -1.17. The van der Waals surface area contributed by atoms with Crippen molar-refractivity contribution in [3.63, 3.8) is 0 Å². The number of hydrogen-bond donors (Lipinski definition) is 2. The second kappa shape index (κ2) is 10.2. The largest absolute Gasteiger partial charge is 0.486 e. The van der Waals surface area contributed by atoms with Gasteiger partial charge in [0.25, 0.3) is 0 Å². The van der Waals surface area contributed by atoms with Gasteiger partial charge in [0, 0.05) is 13.0 Å². The van der Waals surface area contributed by atoms with Gasteiger partial charge in [-0.15, -0.1) is 12.4 Å². The van der Waals surface area contributed by atoms with Crippen LogP contribution in [0.1, 0.15) is 31.7 Å². The van der Waals surface area contributed by atoms with Gasteiger partial charge in [-0.25, -0.2) is 0 Å². The van der Waals surface area contributed by atoms with E-state index in [0.29, 0.717) is 54.5 Å². The molecule has 0 spiro atoms. The monoisotopic (exact) mass is 402 g/mol. The predicted octanol–water partition coefficient (Wildman–Crippen LogP) is 3.22. The molecule has 0 radical (unpaired) electrons. The van der Waals surface area contributed by atoms with Crippen LogP contribution >= 0.6 is 24.0 Å². The van der Waals surface area contributed by atoms with Crippen molar-refractivity contribution in [2.24, 2.45) is 11.8 Å². The van der Waals surface area contributed by atoms with Crippen molar-refractivity contribution in [2.45, 2.75) is 32.6 Å². The van der Waals surface area contributed by atoms with Crippen LogP contribution in [0.2, 0.25) is 5.02 Å². The number of ether oxygens (including phenoxy) is 2. The maximum absolute atomic E-state index is 12.2. The molecule has 146 valence electrons. The van der Waals surface area contributed by atoms with E-state index in [1.165, 1.54) is 12.8 Å². The summed E-state index contributed by atoms with van der Waals surface area (Å²) < 4.78 is 11.1. The third kappa shape index (κ3) is 5.66. The average molecular weight is 403 g/mol. The van der Waals surface area contributed by atoms with Crippen LogP contribution in [0.4, 0.5) is 0 Å². The molecule has 0 bridgehead atoms. The van der Waals surface area contributed by atoms with Crippen molar-refractivity contribution in [2.75, 3.05) is 32.8 Å². The van der Waals surface area contributed by atoms with E-state index in [-0.39, 0.29) is 18.3 Å². The molecule has 1 aromatic rings. The maximum Gasteiger partial charge on any atom is 0.220 e. The van der Waals surface area contributed by atoms with Crippen LogP contribution in [-0.2, 0) is 11.2 Å². The first-order valence-electron chi connectivity index (χ1n) is 9.19. The van der Waals surface area contributed by atoms with Gasteiger partial charge in [0.1, 0.15) is 13.2 Å². The van der Waals surface area contributed by atoms with Gasteiger partial charge in [-0.05, 0) is 61.9 Å². The number of hydrogen-bond acceptors (Lipinski definition) is 4. The Labute approximate surface area is 166 Å². The highest BCUT2D eigenvalue weighted by molar-refractivity contribution is 6.32. The van der Waals surface area contributed by atoms with E-state index in [1.54, 1.807) is 0 Å². The number of amides is 1. The second-order valence-corrected chi connectivity index (χ2v) is 7.38. The lowest BCUT2D eigenvalue weighted by Crippen LogP contribution is -2.34. The number of halogens is 2. The molecule has 3 rings (SSSR count). The molecule has 1 aromatic carbocycles. The van der Waals surface area contributed by atoms with E-state index in [9.17, 15) is 4.79 Å². The first-order valence-corrected chi connectivity index (χ1v) is 9.56. The van der Waals surface area contributed by atoms with Crippen LogP contribution < -0.4 is 20.1 Å². The van der Waals surface area contributed by atoms with Crippen molar-refractivity contribution >= 4 is 29.9 Å². The lowest BCUT2D eigenvalue weighted by Gasteiger charge is -2.27. The van der Waals surface area contributed by atoms with Crippen molar-refractivity contribution in [1.29, 1.82) is 0 Å². The molecule has 2 N–H and O–H groups in total. The fourth-order valence-corrected chi connectivity index (χ4v) is 3.89. The molecular formula is C19H28Cl2N2O3. The molecule has 1 atom stereocenters. The Balaban J connectivity index is 0.00000243. The summed E-state index contributed by atoms with van der Waals surface area (Å²) >= 11 is 6.25. The third-order valence-electron chi connectivity index (χ3n) is 5.09. The normalized spacial score (nSPS) is 17.9. The molecule has 1 fully saturated rings. The minimum atomic E-state index is 0. The highest BCUT2D eigenvalue weighted by atomic mass is 35.5. The molecule has 2 aliphatic heterocycles. The van der Waals surface area contributed by atoms with Gasteiger partial charge in [0.2, 0.25) is 5.91 Å². The van der Waals surface area contributed by atoms with Gasteiger partial charge in [0.05, 0.1) is 5.02 Å². The fraction of sp³-hybridized carbons (Fsp3) is 0.632. The summed E-state index contributed by atoms with van der Waals surface area (Å²) in [5.41, 5.74) is 1.04. The molecule has 2 heterocycles. The SMILES string of the molecule is CC(CC(=O)NCCc1cc(Cl)c2c(c1)OCCO2)C1CCNCC1.Cl. The molecule has 7 heteroatoms. The van der Waals surface area contributed by atoms with Crippen molar-refractivity contribution in [1.82, 2.24) is 10.6 Å². The number of fused-ring (bicyclic) bond motifs is 1. The highest BCUT2D eigenvalue weighted by Crippen LogP contribution is 2.38. The van der Waals surface area contributed by atoms with E-state index in [0.717, 1.165) is 25.1 Å². The van der Waals surface area contributed by atoms with Gasteiger partial charge < -0.3 is 20.1 Å². The van der Waals surface area contributed by atoms with E-state index >= 15 is 0 Å². The Morgan fingerprint density at radius 2 is 2.04 bits per heavy atom. The number of carbonyl (C=O) groups excluding carboxylic acids is 1. The summed E-state index contributed by atoms with van der Waals surface area (Å²) in [4.78, 5) is 12.2. The number of carbonyl (C=O) groups is 1. The van der Waals surface area contributed by atoms with Crippen LogP contribution in [0, 0.1) is 11.8 Å². The van der Waals surface area contributed by atoms with Crippen molar-refractivity contribution in [3.8, 4) is 11.5 Å². The van der Waals surface area contributed by atoms with Crippen molar-refractivity contribution < 1.29 is 14.3 Å². The summed E-state index contributed by atoms with van der Waals surface area (Å²) in [5.74, 6) is 2.54. The van der Waals surface area contributed by atoms with Gasteiger partial charge in [-0.3, -0.25) is 4.79 Å². The smallest absolute Gasteiger partial charge is 0.220 e.